The first-order valence-electron chi connectivity index (χ1n) is 8.43. The zero-order valence-corrected chi connectivity index (χ0v) is 15.1. The van der Waals surface area contributed by atoms with Gasteiger partial charge in [-0.25, -0.2) is 0 Å². The summed E-state index contributed by atoms with van der Waals surface area (Å²) in [6, 6.07) is 15.6. The van der Waals surface area contributed by atoms with Gasteiger partial charge in [0.05, 0.1) is 11.7 Å². The van der Waals surface area contributed by atoms with Gasteiger partial charge in [-0.15, -0.1) is 0 Å². The van der Waals surface area contributed by atoms with Crippen molar-refractivity contribution in [2.75, 3.05) is 18.4 Å². The van der Waals surface area contributed by atoms with E-state index in [1.807, 2.05) is 6.20 Å². The van der Waals surface area contributed by atoms with Crippen molar-refractivity contribution in [3.63, 3.8) is 0 Å². The van der Waals surface area contributed by atoms with Crippen molar-refractivity contribution >= 4 is 32.5 Å². The average molecular weight is 385 g/mol. The van der Waals surface area contributed by atoms with Gasteiger partial charge in [-0.2, -0.15) is 5.10 Å². The summed E-state index contributed by atoms with van der Waals surface area (Å²) in [5, 5.41) is 11.9. The predicted molar refractivity (Wildman–Crippen MR) is 102 cm³/mol. The zero-order valence-electron chi connectivity index (χ0n) is 13.5. The van der Waals surface area contributed by atoms with Crippen LogP contribution < -0.4 is 5.32 Å². The Labute approximate surface area is 150 Å². The smallest absolute Gasteiger partial charge is 0.0651 e. The Morgan fingerprint density at radius 3 is 2.71 bits per heavy atom. The molecule has 124 valence electrons. The minimum atomic E-state index is 0.551. The van der Waals surface area contributed by atoms with Gasteiger partial charge in [0.1, 0.15) is 0 Å². The molecule has 1 aliphatic heterocycles. The fourth-order valence-corrected chi connectivity index (χ4v) is 3.62. The molecule has 4 rings (SSSR count). The Morgan fingerprint density at radius 2 is 1.92 bits per heavy atom. The number of hydrogen-bond acceptors (Lipinski definition) is 3. The Morgan fingerprint density at radius 1 is 1.12 bits per heavy atom. The van der Waals surface area contributed by atoms with Gasteiger partial charge in [0.25, 0.3) is 0 Å². The average Bonchev–Trinajstić information content (AvgIpc) is 3.06. The van der Waals surface area contributed by atoms with E-state index in [1.165, 1.54) is 24.1 Å². The lowest BCUT2D eigenvalue weighted by Crippen LogP contribution is -2.38. The Kier molecular flexibility index (Phi) is 4.54. The second kappa shape index (κ2) is 6.95. The number of likely N-dealkylation sites (tertiary alicyclic amines) is 1. The largest absolute Gasteiger partial charge is 0.382 e. The number of rotatable bonds is 4. The number of piperidine rings is 1. The number of H-pyrrole nitrogens is 1. The molecule has 4 nitrogen and oxygen atoms in total. The molecule has 3 aromatic rings. The molecule has 2 heterocycles. The van der Waals surface area contributed by atoms with Crippen molar-refractivity contribution in [2.45, 2.75) is 25.4 Å². The summed E-state index contributed by atoms with van der Waals surface area (Å²) in [5.41, 5.74) is 3.66. The van der Waals surface area contributed by atoms with E-state index in [2.05, 4.69) is 78.8 Å². The molecule has 1 aromatic heterocycles. The maximum Gasteiger partial charge on any atom is 0.0651 e. The summed E-state index contributed by atoms with van der Waals surface area (Å²) in [5.74, 6) is 0. The predicted octanol–water partition coefficient (Wildman–Crippen LogP) is 4.40. The minimum Gasteiger partial charge on any atom is -0.382 e. The standard InChI is InChI=1S/C19H21BrN4/c20-16-3-1-14(2-4-16)13-24-9-7-17(8-10-24)22-18-5-6-19-15(11-18)12-21-23-19/h1-6,11-12,17,22H,7-10,13H2,(H,21,23). The minimum absolute atomic E-state index is 0.551. The first kappa shape index (κ1) is 15.7. The lowest BCUT2D eigenvalue weighted by molar-refractivity contribution is 0.211. The van der Waals surface area contributed by atoms with Crippen molar-refractivity contribution in [2.24, 2.45) is 0 Å². The van der Waals surface area contributed by atoms with Crippen LogP contribution in [0.25, 0.3) is 10.9 Å². The van der Waals surface area contributed by atoms with Crippen molar-refractivity contribution in [1.82, 2.24) is 15.1 Å². The normalized spacial score (nSPS) is 16.5. The van der Waals surface area contributed by atoms with E-state index in [-0.39, 0.29) is 0 Å². The van der Waals surface area contributed by atoms with Crippen molar-refractivity contribution in [1.29, 1.82) is 0 Å². The topological polar surface area (TPSA) is 44.0 Å². The summed E-state index contributed by atoms with van der Waals surface area (Å²) in [4.78, 5) is 2.54. The molecular formula is C19H21BrN4. The third-order valence-corrected chi connectivity index (χ3v) is 5.25. The van der Waals surface area contributed by atoms with Gasteiger partial charge in [0, 0.05) is 41.2 Å². The first-order chi connectivity index (χ1) is 11.8. The monoisotopic (exact) mass is 384 g/mol. The number of fused-ring (bicyclic) bond motifs is 1. The quantitative estimate of drug-likeness (QED) is 0.700. The van der Waals surface area contributed by atoms with E-state index in [9.17, 15) is 0 Å². The van der Waals surface area contributed by atoms with Crippen LogP contribution in [0, 0.1) is 0 Å². The fraction of sp³-hybridized carbons (Fsp3) is 0.316. The van der Waals surface area contributed by atoms with Crippen molar-refractivity contribution in [3.8, 4) is 0 Å². The molecule has 24 heavy (non-hydrogen) atoms. The van der Waals surface area contributed by atoms with Crippen LogP contribution in [-0.4, -0.2) is 34.2 Å². The van der Waals surface area contributed by atoms with Crippen LogP contribution in [0.1, 0.15) is 18.4 Å². The van der Waals surface area contributed by atoms with Gasteiger partial charge in [0.15, 0.2) is 0 Å². The summed E-state index contributed by atoms with van der Waals surface area (Å²) in [7, 11) is 0. The van der Waals surface area contributed by atoms with Gasteiger partial charge in [-0.05, 0) is 48.7 Å². The van der Waals surface area contributed by atoms with E-state index < -0.39 is 0 Å². The van der Waals surface area contributed by atoms with Gasteiger partial charge in [-0.1, -0.05) is 28.1 Å². The maximum atomic E-state index is 4.08. The molecule has 0 unspecified atom stereocenters. The molecular weight excluding hydrogens is 364 g/mol. The van der Waals surface area contributed by atoms with E-state index >= 15 is 0 Å². The number of benzene rings is 2. The molecule has 0 aliphatic carbocycles. The third-order valence-electron chi connectivity index (χ3n) is 4.72. The van der Waals surface area contributed by atoms with E-state index in [1.54, 1.807) is 0 Å². The van der Waals surface area contributed by atoms with Crippen LogP contribution in [-0.2, 0) is 6.54 Å². The molecule has 0 bridgehead atoms. The molecule has 2 N–H and O–H groups in total. The van der Waals surface area contributed by atoms with E-state index in [0.717, 1.165) is 35.0 Å². The van der Waals surface area contributed by atoms with Crippen LogP contribution in [0.4, 0.5) is 5.69 Å². The van der Waals surface area contributed by atoms with Crippen LogP contribution in [0.2, 0.25) is 0 Å². The van der Waals surface area contributed by atoms with Crippen molar-refractivity contribution < 1.29 is 0 Å². The van der Waals surface area contributed by atoms with Gasteiger partial charge < -0.3 is 5.32 Å². The fourth-order valence-electron chi connectivity index (χ4n) is 3.35. The molecule has 2 aromatic carbocycles. The second-order valence-corrected chi connectivity index (χ2v) is 7.41. The number of aromatic amines is 1. The van der Waals surface area contributed by atoms with E-state index in [0.29, 0.717) is 6.04 Å². The Hall–Kier alpha value is -1.85. The molecule has 0 atom stereocenters. The zero-order chi connectivity index (χ0) is 16.4. The maximum absolute atomic E-state index is 4.08. The van der Waals surface area contributed by atoms with Gasteiger partial charge >= 0.3 is 0 Å². The molecule has 1 saturated heterocycles. The molecule has 0 spiro atoms. The number of halogens is 1. The van der Waals surface area contributed by atoms with Gasteiger partial charge in [0.2, 0.25) is 0 Å². The summed E-state index contributed by atoms with van der Waals surface area (Å²) < 4.78 is 1.14. The lowest BCUT2D eigenvalue weighted by atomic mass is 10.0. The highest BCUT2D eigenvalue weighted by Gasteiger charge is 2.19. The van der Waals surface area contributed by atoms with Crippen molar-refractivity contribution in [3.05, 3.63) is 58.7 Å². The van der Waals surface area contributed by atoms with E-state index in [4.69, 9.17) is 0 Å². The number of nitrogens with zero attached hydrogens (tertiary/aromatic N) is 2. The summed E-state index contributed by atoms with van der Waals surface area (Å²) in [6.07, 6.45) is 4.24. The summed E-state index contributed by atoms with van der Waals surface area (Å²) >= 11 is 3.49. The molecule has 1 fully saturated rings. The Balaban J connectivity index is 1.31. The Bertz CT molecular complexity index is 804. The molecule has 1 aliphatic rings. The molecule has 0 radical (unpaired) electrons. The highest BCUT2D eigenvalue weighted by Crippen LogP contribution is 2.21. The van der Waals surface area contributed by atoms with Crippen LogP contribution in [0.5, 0.6) is 0 Å². The van der Waals surface area contributed by atoms with Crippen LogP contribution >= 0.6 is 15.9 Å². The number of nitrogens with one attached hydrogen (secondary N) is 2. The number of hydrogen-bond donors (Lipinski definition) is 2. The number of anilines is 1. The number of aromatic nitrogens is 2. The molecule has 0 saturated carbocycles. The summed E-state index contributed by atoms with van der Waals surface area (Å²) in [6.45, 7) is 3.32. The van der Waals surface area contributed by atoms with Crippen LogP contribution in [0.3, 0.4) is 0 Å². The first-order valence-corrected chi connectivity index (χ1v) is 9.22. The lowest BCUT2D eigenvalue weighted by Gasteiger charge is -2.33. The van der Waals surface area contributed by atoms with Gasteiger partial charge in [-0.3, -0.25) is 10.00 Å². The van der Waals surface area contributed by atoms with Crippen LogP contribution in [0.15, 0.2) is 53.1 Å². The third kappa shape index (κ3) is 3.62. The molecule has 5 heteroatoms. The SMILES string of the molecule is Brc1ccc(CN2CCC(Nc3ccc4[nH]ncc4c3)CC2)cc1. The highest BCUT2D eigenvalue weighted by atomic mass is 79.9. The molecule has 0 amide bonds. The highest BCUT2D eigenvalue weighted by molar-refractivity contribution is 9.10. The second-order valence-electron chi connectivity index (χ2n) is 6.49.